The number of piperidine rings is 1. The van der Waals surface area contributed by atoms with Gasteiger partial charge in [0.2, 0.25) is 10.0 Å². The van der Waals surface area contributed by atoms with Crippen LogP contribution in [0.15, 0.2) is 70.4 Å². The third kappa shape index (κ3) is 4.24. The lowest BCUT2D eigenvalue weighted by Gasteiger charge is -2.26. The van der Waals surface area contributed by atoms with Crippen molar-refractivity contribution in [2.24, 2.45) is 0 Å². The molecule has 2 aromatic carbocycles. The minimum Gasteiger partial charge on any atom is -0.472 e. The van der Waals surface area contributed by atoms with Crippen molar-refractivity contribution in [2.45, 2.75) is 30.6 Å². The Morgan fingerprint density at radius 1 is 0.912 bits per heavy atom. The maximum Gasteiger partial charge on any atom is 0.261 e. The minimum atomic E-state index is -3.62. The van der Waals surface area contributed by atoms with E-state index in [2.05, 4.69) is 5.32 Å². The second-order valence-corrected chi connectivity index (χ2v) is 10.4. The van der Waals surface area contributed by atoms with Crippen molar-refractivity contribution >= 4 is 33.2 Å². The van der Waals surface area contributed by atoms with E-state index in [0.29, 0.717) is 37.3 Å². The summed E-state index contributed by atoms with van der Waals surface area (Å²) >= 11 is 0. The number of fused-ring (bicyclic) bond motifs is 1. The lowest BCUT2D eigenvalue weighted by molar-refractivity contribution is 0.0987. The molecule has 5 rings (SSSR count). The number of nitrogens with zero attached hydrogens (tertiary/aromatic N) is 2. The minimum absolute atomic E-state index is 0.129. The smallest absolute Gasteiger partial charge is 0.261 e. The van der Waals surface area contributed by atoms with E-state index in [1.165, 1.54) is 29.0 Å². The van der Waals surface area contributed by atoms with Gasteiger partial charge in [-0.3, -0.25) is 9.59 Å². The molecule has 2 aliphatic rings. The van der Waals surface area contributed by atoms with Crippen LogP contribution in [0.3, 0.4) is 0 Å². The number of anilines is 2. The standard InChI is InChI=1S/C25H25N3O5S/c29-24(19-5-4-6-22(16-19)34(31,32)27-11-2-1-3-12-27)26-21-7-8-23-18(15-21)9-13-28(23)25(30)20-10-14-33-17-20/h4-8,10,14-17H,1-3,9,11-13H2,(H,26,29). The van der Waals surface area contributed by atoms with Gasteiger partial charge < -0.3 is 14.6 Å². The molecule has 0 radical (unpaired) electrons. The summed E-state index contributed by atoms with van der Waals surface area (Å²) in [6.07, 6.45) is 6.30. The van der Waals surface area contributed by atoms with Crippen molar-refractivity contribution in [2.75, 3.05) is 29.9 Å². The van der Waals surface area contributed by atoms with Gasteiger partial charge in [-0.2, -0.15) is 4.31 Å². The van der Waals surface area contributed by atoms with E-state index in [9.17, 15) is 18.0 Å². The van der Waals surface area contributed by atoms with Gasteiger partial charge in [-0.05, 0) is 67.3 Å². The molecule has 2 aliphatic heterocycles. The zero-order chi connectivity index (χ0) is 23.7. The van der Waals surface area contributed by atoms with Crippen molar-refractivity contribution in [3.8, 4) is 0 Å². The maximum absolute atomic E-state index is 13.0. The molecule has 1 aromatic heterocycles. The molecule has 176 valence electrons. The maximum atomic E-state index is 13.0. The number of sulfonamides is 1. The SMILES string of the molecule is O=C(Nc1ccc2c(c1)CCN2C(=O)c1ccoc1)c1cccc(S(=O)(=O)N2CCCCC2)c1. The monoisotopic (exact) mass is 479 g/mol. The molecule has 3 heterocycles. The fourth-order valence-corrected chi connectivity index (χ4v) is 6.05. The van der Waals surface area contributed by atoms with Crippen molar-refractivity contribution in [1.29, 1.82) is 0 Å². The van der Waals surface area contributed by atoms with Crippen LogP contribution in [0, 0.1) is 0 Å². The molecular formula is C25H25N3O5S. The van der Waals surface area contributed by atoms with Crippen LogP contribution >= 0.6 is 0 Å². The summed E-state index contributed by atoms with van der Waals surface area (Å²) in [5.74, 6) is -0.518. The molecule has 0 aliphatic carbocycles. The van der Waals surface area contributed by atoms with Gasteiger partial charge in [-0.25, -0.2) is 8.42 Å². The number of hydrogen-bond donors (Lipinski definition) is 1. The quantitative estimate of drug-likeness (QED) is 0.598. The van der Waals surface area contributed by atoms with Crippen LogP contribution in [0.25, 0.3) is 0 Å². The predicted octanol–water partition coefficient (Wildman–Crippen LogP) is 3.91. The summed E-state index contributed by atoms with van der Waals surface area (Å²) in [5, 5.41) is 2.85. The van der Waals surface area contributed by atoms with Crippen LogP contribution in [-0.2, 0) is 16.4 Å². The zero-order valence-electron chi connectivity index (χ0n) is 18.6. The second-order valence-electron chi connectivity index (χ2n) is 8.51. The highest BCUT2D eigenvalue weighted by Crippen LogP contribution is 2.32. The van der Waals surface area contributed by atoms with E-state index < -0.39 is 10.0 Å². The molecule has 3 aromatic rings. The Bertz CT molecular complexity index is 1330. The Morgan fingerprint density at radius 3 is 2.50 bits per heavy atom. The van der Waals surface area contributed by atoms with Crippen LogP contribution in [0.2, 0.25) is 0 Å². The van der Waals surface area contributed by atoms with Gasteiger partial charge in [0.1, 0.15) is 6.26 Å². The molecule has 0 atom stereocenters. The predicted molar refractivity (Wildman–Crippen MR) is 128 cm³/mol. The van der Waals surface area contributed by atoms with E-state index >= 15 is 0 Å². The molecule has 0 bridgehead atoms. The fraction of sp³-hybridized carbons (Fsp3) is 0.280. The van der Waals surface area contributed by atoms with Crippen molar-refractivity contribution in [1.82, 2.24) is 4.31 Å². The Balaban J connectivity index is 1.32. The fourth-order valence-electron chi connectivity index (χ4n) is 4.49. The normalized spacial score (nSPS) is 16.3. The summed E-state index contributed by atoms with van der Waals surface area (Å²) in [6.45, 7) is 1.56. The first kappa shape index (κ1) is 22.4. The summed E-state index contributed by atoms with van der Waals surface area (Å²) in [7, 11) is -3.62. The number of amides is 2. The highest BCUT2D eigenvalue weighted by Gasteiger charge is 2.28. The first-order valence-corrected chi connectivity index (χ1v) is 12.8. The van der Waals surface area contributed by atoms with Crippen LogP contribution in [0.4, 0.5) is 11.4 Å². The van der Waals surface area contributed by atoms with Gasteiger partial charge in [-0.1, -0.05) is 12.5 Å². The Hall–Kier alpha value is -3.43. The molecule has 8 nitrogen and oxygen atoms in total. The van der Waals surface area contributed by atoms with Crippen molar-refractivity contribution in [3.05, 3.63) is 77.7 Å². The number of hydrogen-bond acceptors (Lipinski definition) is 5. The second kappa shape index (κ2) is 9.08. The summed E-state index contributed by atoms with van der Waals surface area (Å²) in [5.41, 5.74) is 3.11. The number of furan rings is 1. The van der Waals surface area contributed by atoms with Gasteiger partial charge in [-0.15, -0.1) is 0 Å². The van der Waals surface area contributed by atoms with Gasteiger partial charge in [0.25, 0.3) is 11.8 Å². The van der Waals surface area contributed by atoms with E-state index in [1.807, 2.05) is 12.1 Å². The number of nitrogens with one attached hydrogen (secondary N) is 1. The molecule has 34 heavy (non-hydrogen) atoms. The average molecular weight is 480 g/mol. The molecule has 0 spiro atoms. The van der Waals surface area contributed by atoms with Crippen LogP contribution in [0.1, 0.15) is 45.5 Å². The molecule has 2 amide bonds. The average Bonchev–Trinajstić information content (AvgIpc) is 3.54. The van der Waals surface area contributed by atoms with Crippen LogP contribution in [0.5, 0.6) is 0 Å². The summed E-state index contributed by atoms with van der Waals surface area (Å²) < 4.78 is 32.5. The molecule has 1 saturated heterocycles. The summed E-state index contributed by atoms with van der Waals surface area (Å²) in [6, 6.07) is 13.2. The van der Waals surface area contributed by atoms with Gasteiger partial charge in [0.05, 0.1) is 16.7 Å². The van der Waals surface area contributed by atoms with Crippen molar-refractivity contribution < 1.29 is 22.4 Å². The Morgan fingerprint density at radius 2 is 1.74 bits per heavy atom. The third-order valence-corrected chi connectivity index (χ3v) is 8.19. The van der Waals surface area contributed by atoms with Gasteiger partial charge in [0.15, 0.2) is 0 Å². The van der Waals surface area contributed by atoms with Crippen molar-refractivity contribution in [3.63, 3.8) is 0 Å². The van der Waals surface area contributed by atoms with E-state index in [4.69, 9.17) is 4.42 Å². The number of carbonyl (C=O) groups is 2. The van der Waals surface area contributed by atoms with E-state index in [0.717, 1.165) is 30.5 Å². The number of carbonyl (C=O) groups excluding carboxylic acids is 2. The van der Waals surface area contributed by atoms with Crippen LogP contribution in [-0.4, -0.2) is 44.2 Å². The molecule has 1 N–H and O–H groups in total. The lowest BCUT2D eigenvalue weighted by Crippen LogP contribution is -2.35. The zero-order valence-corrected chi connectivity index (χ0v) is 19.4. The molecule has 0 saturated carbocycles. The number of benzene rings is 2. The van der Waals surface area contributed by atoms with E-state index in [-0.39, 0.29) is 22.3 Å². The van der Waals surface area contributed by atoms with Gasteiger partial charge >= 0.3 is 0 Å². The lowest BCUT2D eigenvalue weighted by atomic mass is 10.1. The first-order chi connectivity index (χ1) is 16.4. The summed E-state index contributed by atoms with van der Waals surface area (Å²) in [4.78, 5) is 27.4. The molecule has 9 heteroatoms. The topological polar surface area (TPSA) is 99.9 Å². The Kier molecular flexibility index (Phi) is 5.97. The third-order valence-electron chi connectivity index (χ3n) is 6.30. The highest BCUT2D eigenvalue weighted by atomic mass is 32.2. The Labute approximate surface area is 198 Å². The molecule has 1 fully saturated rings. The van der Waals surface area contributed by atoms with Crippen LogP contribution < -0.4 is 10.2 Å². The molecule has 0 unspecified atom stereocenters. The number of rotatable bonds is 5. The van der Waals surface area contributed by atoms with E-state index in [1.54, 1.807) is 29.2 Å². The highest BCUT2D eigenvalue weighted by molar-refractivity contribution is 7.89. The molecular weight excluding hydrogens is 454 g/mol. The van der Waals surface area contributed by atoms with Gasteiger partial charge in [0, 0.05) is 36.6 Å². The largest absolute Gasteiger partial charge is 0.472 e. The first-order valence-electron chi connectivity index (χ1n) is 11.3.